The maximum atomic E-state index is 14.0. The second-order valence-corrected chi connectivity index (χ2v) is 12.4. The number of hydrogen-bond donors (Lipinski definition) is 1. The number of nitrogens with one attached hydrogen (secondary N) is 1. The SMILES string of the molecule is O=C(C[C@@H]1Cc2cc(Cl)c3[nH]ncc3c2CN(Cc2ccncc2)C1=O)N1CCC(c2ccc(-c3ccccc3)c[n+]2[O-])CC1. The second kappa shape index (κ2) is 12.3. The van der Waals surface area contributed by atoms with E-state index in [1.54, 1.807) is 24.8 Å². The molecule has 2 aliphatic rings. The number of aromatic amines is 1. The van der Waals surface area contributed by atoms with Crippen molar-refractivity contribution in [3.8, 4) is 11.1 Å². The van der Waals surface area contributed by atoms with E-state index >= 15 is 0 Å². The van der Waals surface area contributed by atoms with Crippen molar-refractivity contribution in [3.63, 3.8) is 0 Å². The van der Waals surface area contributed by atoms with E-state index in [1.165, 1.54) is 0 Å². The number of rotatable bonds is 6. The molecule has 2 aromatic carbocycles. The first-order valence-electron chi connectivity index (χ1n) is 15.3. The van der Waals surface area contributed by atoms with Crippen molar-refractivity contribution < 1.29 is 14.3 Å². The molecule has 45 heavy (non-hydrogen) atoms. The van der Waals surface area contributed by atoms with Crippen molar-refractivity contribution in [2.45, 2.75) is 44.7 Å². The fourth-order valence-electron chi connectivity index (χ4n) is 6.81. The minimum absolute atomic E-state index is 0.0379. The Labute approximate surface area is 266 Å². The Morgan fingerprint density at radius 2 is 1.82 bits per heavy atom. The molecule has 0 bridgehead atoms. The van der Waals surface area contributed by atoms with Gasteiger partial charge in [0.15, 0.2) is 11.9 Å². The van der Waals surface area contributed by atoms with Gasteiger partial charge in [-0.25, -0.2) is 0 Å². The number of fused-ring (bicyclic) bond motifs is 3. The fourth-order valence-corrected chi connectivity index (χ4v) is 7.08. The van der Waals surface area contributed by atoms with Gasteiger partial charge in [-0.1, -0.05) is 41.9 Å². The lowest BCUT2D eigenvalue weighted by molar-refractivity contribution is -0.615. The average Bonchev–Trinajstić information content (AvgIpc) is 3.53. The number of pyridine rings is 2. The molecule has 2 aliphatic heterocycles. The molecular formula is C35H33ClN6O3. The van der Waals surface area contributed by atoms with Crippen LogP contribution in [0, 0.1) is 11.1 Å². The molecule has 2 amide bonds. The summed E-state index contributed by atoms with van der Waals surface area (Å²) in [6.07, 6.45) is 8.76. The zero-order chi connectivity index (χ0) is 30.9. The molecule has 7 rings (SSSR count). The van der Waals surface area contributed by atoms with Gasteiger partial charge in [-0.3, -0.25) is 19.7 Å². The number of benzene rings is 2. The summed E-state index contributed by atoms with van der Waals surface area (Å²) in [4.78, 5) is 35.5. The van der Waals surface area contributed by atoms with Crippen LogP contribution < -0.4 is 4.73 Å². The normalized spacial score (nSPS) is 17.4. The molecule has 1 N–H and O–H groups in total. The number of carbonyl (C=O) groups excluding carboxylic acids is 2. The quantitative estimate of drug-likeness (QED) is 0.202. The molecule has 9 nitrogen and oxygen atoms in total. The number of halogens is 1. The first-order chi connectivity index (χ1) is 21.9. The topological polar surface area (TPSA) is 109 Å². The number of likely N-dealkylation sites (tertiary alicyclic amines) is 1. The summed E-state index contributed by atoms with van der Waals surface area (Å²) < 4.78 is 0.978. The Hall–Kier alpha value is -4.76. The smallest absolute Gasteiger partial charge is 0.227 e. The van der Waals surface area contributed by atoms with Crippen LogP contribution in [0.2, 0.25) is 5.02 Å². The van der Waals surface area contributed by atoms with Crippen LogP contribution in [0.1, 0.15) is 47.6 Å². The number of amides is 2. The van der Waals surface area contributed by atoms with Crippen LogP contribution in [0.4, 0.5) is 0 Å². The largest absolute Gasteiger partial charge is 0.618 e. The van der Waals surface area contributed by atoms with E-state index in [-0.39, 0.29) is 24.2 Å². The van der Waals surface area contributed by atoms with Gasteiger partial charge >= 0.3 is 0 Å². The van der Waals surface area contributed by atoms with Crippen LogP contribution in [-0.4, -0.2) is 49.9 Å². The summed E-state index contributed by atoms with van der Waals surface area (Å²) in [6, 6.07) is 19.5. The number of piperidine rings is 1. The van der Waals surface area contributed by atoms with Gasteiger partial charge in [0.05, 0.1) is 22.7 Å². The Kier molecular flexibility index (Phi) is 7.94. The second-order valence-electron chi connectivity index (χ2n) is 12.0. The molecular weight excluding hydrogens is 588 g/mol. The van der Waals surface area contributed by atoms with Crippen LogP contribution in [0.5, 0.6) is 0 Å². The highest BCUT2D eigenvalue weighted by Crippen LogP contribution is 2.35. The van der Waals surface area contributed by atoms with Crippen LogP contribution in [0.3, 0.4) is 0 Å². The number of carbonyl (C=O) groups is 2. The maximum absolute atomic E-state index is 14.0. The molecule has 1 atom stereocenters. The van der Waals surface area contributed by atoms with Gasteiger partial charge in [-0.15, -0.1) is 0 Å². The molecule has 0 radical (unpaired) electrons. The number of aromatic nitrogens is 4. The Balaban J connectivity index is 1.07. The van der Waals surface area contributed by atoms with Crippen LogP contribution in [-0.2, 0) is 29.1 Å². The van der Waals surface area contributed by atoms with E-state index in [9.17, 15) is 14.8 Å². The van der Waals surface area contributed by atoms with E-state index in [1.807, 2.05) is 70.5 Å². The number of nitrogens with zero attached hydrogens (tertiary/aromatic N) is 5. The fraction of sp³-hybridized carbons (Fsp3) is 0.286. The van der Waals surface area contributed by atoms with Crippen molar-refractivity contribution in [2.75, 3.05) is 13.1 Å². The molecule has 5 heterocycles. The Morgan fingerprint density at radius 1 is 1.04 bits per heavy atom. The van der Waals surface area contributed by atoms with E-state index in [0.717, 1.165) is 49.1 Å². The highest BCUT2D eigenvalue weighted by atomic mass is 35.5. The lowest BCUT2D eigenvalue weighted by Gasteiger charge is -2.32. The highest BCUT2D eigenvalue weighted by Gasteiger charge is 2.35. The van der Waals surface area contributed by atoms with E-state index in [2.05, 4.69) is 15.2 Å². The summed E-state index contributed by atoms with van der Waals surface area (Å²) in [5.41, 5.74) is 6.30. The molecule has 1 fully saturated rings. The monoisotopic (exact) mass is 620 g/mol. The summed E-state index contributed by atoms with van der Waals surface area (Å²) in [5, 5.41) is 21.6. The highest BCUT2D eigenvalue weighted by molar-refractivity contribution is 6.35. The van der Waals surface area contributed by atoms with Crippen LogP contribution in [0.15, 0.2) is 85.5 Å². The predicted octanol–water partition coefficient (Wildman–Crippen LogP) is 5.41. The first-order valence-corrected chi connectivity index (χ1v) is 15.7. The van der Waals surface area contributed by atoms with Gasteiger partial charge in [0, 0.05) is 67.9 Å². The summed E-state index contributed by atoms with van der Waals surface area (Å²) in [5.74, 6) is -0.542. The lowest BCUT2D eigenvalue weighted by Crippen LogP contribution is -2.43. The third-order valence-corrected chi connectivity index (χ3v) is 9.53. The van der Waals surface area contributed by atoms with Gasteiger partial charge in [0.1, 0.15) is 0 Å². The third-order valence-electron chi connectivity index (χ3n) is 9.23. The standard InChI is InChI=1S/C35H33ClN6O3/c36-31-17-27-16-28(35(44)41(20-23-8-12-37-13-9-23)22-30(27)29-19-38-39-34(29)31)18-33(43)40-14-10-25(11-15-40)32-7-6-26(21-42(32)45)24-4-2-1-3-5-24/h1-9,12-13,17,19,21,25,28H,10-11,14-16,18,20,22H2,(H,38,39)/t28-/m0/s1. The van der Waals surface area contributed by atoms with Gasteiger partial charge in [0.2, 0.25) is 11.8 Å². The molecule has 0 unspecified atom stereocenters. The molecule has 0 aliphatic carbocycles. The van der Waals surface area contributed by atoms with Gasteiger partial charge in [-0.2, -0.15) is 9.83 Å². The minimum atomic E-state index is -0.520. The molecule has 1 saturated heterocycles. The molecule has 228 valence electrons. The third kappa shape index (κ3) is 5.88. The van der Waals surface area contributed by atoms with Crippen molar-refractivity contribution in [1.29, 1.82) is 0 Å². The van der Waals surface area contributed by atoms with Crippen LogP contribution >= 0.6 is 11.6 Å². The van der Waals surface area contributed by atoms with Crippen molar-refractivity contribution >= 4 is 34.3 Å². The molecule has 3 aromatic heterocycles. The number of H-pyrrole nitrogens is 1. The first kappa shape index (κ1) is 29.0. The summed E-state index contributed by atoms with van der Waals surface area (Å²) in [6.45, 7) is 1.91. The molecule has 5 aromatic rings. The molecule has 0 saturated carbocycles. The maximum Gasteiger partial charge on any atom is 0.227 e. The van der Waals surface area contributed by atoms with Gasteiger partial charge in [0.25, 0.3) is 0 Å². The van der Waals surface area contributed by atoms with Crippen molar-refractivity contribution in [3.05, 3.63) is 118 Å². The molecule has 10 heteroatoms. The number of hydrogen-bond acceptors (Lipinski definition) is 5. The zero-order valence-corrected chi connectivity index (χ0v) is 25.5. The van der Waals surface area contributed by atoms with E-state index in [0.29, 0.717) is 50.5 Å². The summed E-state index contributed by atoms with van der Waals surface area (Å²) >= 11 is 6.61. The van der Waals surface area contributed by atoms with Crippen molar-refractivity contribution in [1.82, 2.24) is 25.0 Å². The van der Waals surface area contributed by atoms with Gasteiger partial charge < -0.3 is 15.0 Å². The predicted molar refractivity (Wildman–Crippen MR) is 171 cm³/mol. The Morgan fingerprint density at radius 3 is 2.58 bits per heavy atom. The Bertz CT molecular complexity index is 1850. The van der Waals surface area contributed by atoms with E-state index < -0.39 is 5.92 Å². The van der Waals surface area contributed by atoms with Gasteiger partial charge in [-0.05, 0) is 65.8 Å². The lowest BCUT2D eigenvalue weighted by atomic mass is 9.90. The molecule has 0 spiro atoms. The minimum Gasteiger partial charge on any atom is -0.618 e. The summed E-state index contributed by atoms with van der Waals surface area (Å²) in [7, 11) is 0. The van der Waals surface area contributed by atoms with Crippen LogP contribution in [0.25, 0.3) is 22.0 Å². The zero-order valence-electron chi connectivity index (χ0n) is 24.7. The van der Waals surface area contributed by atoms with E-state index in [4.69, 9.17) is 11.6 Å². The average molecular weight is 621 g/mol. The van der Waals surface area contributed by atoms with Crippen molar-refractivity contribution in [2.24, 2.45) is 5.92 Å².